The average molecular weight is 279 g/mol. The zero-order valence-electron chi connectivity index (χ0n) is 13.4. The number of nitrogens with one attached hydrogen (secondary N) is 1. The van der Waals surface area contributed by atoms with Gasteiger partial charge in [0.05, 0.1) is 12.2 Å². The Hall–Kier alpha value is -0.870. The quantitative estimate of drug-likeness (QED) is 0.897. The van der Waals surface area contributed by atoms with Crippen LogP contribution in [0.1, 0.15) is 64.3 Å². The summed E-state index contributed by atoms with van der Waals surface area (Å²) >= 11 is 0. The lowest BCUT2D eigenvalue weighted by Gasteiger charge is -2.30. The monoisotopic (exact) mass is 279 g/mol. The van der Waals surface area contributed by atoms with Crippen molar-refractivity contribution in [3.8, 4) is 0 Å². The topological polar surface area (TPSA) is 41.3 Å². The van der Waals surface area contributed by atoms with Gasteiger partial charge in [-0.15, -0.1) is 0 Å². The fraction of sp³-hybridized carbons (Fsp3) is 0.812. The molecule has 1 fully saturated rings. The molecule has 1 saturated carbocycles. The van der Waals surface area contributed by atoms with E-state index in [1.807, 2.05) is 0 Å². The van der Waals surface area contributed by atoms with E-state index in [9.17, 15) is 0 Å². The molecule has 0 amide bonds. The molecule has 1 aliphatic rings. The molecule has 0 aromatic carbocycles. The maximum Gasteiger partial charge on any atom is 0.151 e. The van der Waals surface area contributed by atoms with Crippen LogP contribution >= 0.6 is 0 Å². The van der Waals surface area contributed by atoms with Crippen LogP contribution in [0, 0.1) is 0 Å². The van der Waals surface area contributed by atoms with Crippen LogP contribution in [0.4, 0.5) is 0 Å². The molecule has 0 aliphatic heterocycles. The van der Waals surface area contributed by atoms with Crippen LogP contribution in [0.3, 0.4) is 0 Å². The van der Waals surface area contributed by atoms with Crippen molar-refractivity contribution in [1.82, 2.24) is 15.4 Å². The SMILES string of the molecule is CN(Cc1cc(CNC(C)(C)C)no1)C1CCCCC1. The standard InChI is InChI=1S/C16H29N3O/c1-16(2,3)17-11-13-10-15(20-18-13)12-19(4)14-8-6-5-7-9-14/h10,14,17H,5-9,11-12H2,1-4H3. The summed E-state index contributed by atoms with van der Waals surface area (Å²) in [5, 5.41) is 7.59. The Morgan fingerprint density at radius 2 is 2.00 bits per heavy atom. The van der Waals surface area contributed by atoms with E-state index in [0.29, 0.717) is 6.04 Å². The fourth-order valence-electron chi connectivity index (χ4n) is 2.77. The Bertz CT molecular complexity index is 402. The van der Waals surface area contributed by atoms with Gasteiger partial charge in [-0.2, -0.15) is 0 Å². The van der Waals surface area contributed by atoms with Crippen molar-refractivity contribution in [2.75, 3.05) is 7.05 Å². The van der Waals surface area contributed by atoms with Crippen LogP contribution < -0.4 is 5.32 Å². The molecule has 0 radical (unpaired) electrons. The molecule has 0 spiro atoms. The van der Waals surface area contributed by atoms with E-state index in [4.69, 9.17) is 4.52 Å². The zero-order valence-corrected chi connectivity index (χ0v) is 13.4. The molecule has 1 N–H and O–H groups in total. The normalized spacial score (nSPS) is 17.9. The third-order valence-electron chi connectivity index (χ3n) is 4.01. The maximum atomic E-state index is 5.46. The van der Waals surface area contributed by atoms with Crippen molar-refractivity contribution in [2.24, 2.45) is 0 Å². The summed E-state index contributed by atoms with van der Waals surface area (Å²) in [6, 6.07) is 2.79. The number of nitrogens with zero attached hydrogens (tertiary/aromatic N) is 2. The van der Waals surface area contributed by atoms with E-state index in [1.165, 1.54) is 32.1 Å². The largest absolute Gasteiger partial charge is 0.360 e. The van der Waals surface area contributed by atoms with Gasteiger partial charge in [-0.05, 0) is 40.7 Å². The van der Waals surface area contributed by atoms with Crippen molar-refractivity contribution < 1.29 is 4.52 Å². The molecule has 0 atom stereocenters. The first-order valence-corrected chi connectivity index (χ1v) is 7.84. The molecule has 1 aromatic rings. The molecular formula is C16H29N3O. The molecule has 4 heteroatoms. The van der Waals surface area contributed by atoms with Crippen molar-refractivity contribution in [3.05, 3.63) is 17.5 Å². The summed E-state index contributed by atoms with van der Waals surface area (Å²) < 4.78 is 5.46. The van der Waals surface area contributed by atoms with Crippen molar-refractivity contribution >= 4 is 0 Å². The molecule has 0 bridgehead atoms. The first-order valence-electron chi connectivity index (χ1n) is 7.84. The van der Waals surface area contributed by atoms with Crippen LogP contribution in [-0.4, -0.2) is 28.7 Å². The van der Waals surface area contributed by atoms with Gasteiger partial charge in [-0.3, -0.25) is 4.90 Å². The van der Waals surface area contributed by atoms with E-state index in [0.717, 1.165) is 24.5 Å². The summed E-state index contributed by atoms with van der Waals surface area (Å²) in [5.74, 6) is 0.976. The second-order valence-electron chi connectivity index (χ2n) is 7.10. The summed E-state index contributed by atoms with van der Waals surface area (Å²) in [7, 11) is 2.20. The smallest absolute Gasteiger partial charge is 0.151 e. The fourth-order valence-corrected chi connectivity index (χ4v) is 2.77. The van der Waals surface area contributed by atoms with Gasteiger partial charge in [0.25, 0.3) is 0 Å². The molecule has 114 valence electrons. The predicted molar refractivity (Wildman–Crippen MR) is 81.4 cm³/mol. The minimum absolute atomic E-state index is 0.109. The van der Waals surface area contributed by atoms with Gasteiger partial charge in [0.1, 0.15) is 0 Å². The second kappa shape index (κ2) is 6.72. The summed E-state index contributed by atoms with van der Waals surface area (Å²) in [5.41, 5.74) is 1.10. The molecule has 1 heterocycles. The van der Waals surface area contributed by atoms with E-state index >= 15 is 0 Å². The lowest BCUT2D eigenvalue weighted by Crippen LogP contribution is -2.35. The summed E-state index contributed by atoms with van der Waals surface area (Å²) in [6.45, 7) is 8.11. The Labute approximate surface area is 122 Å². The average Bonchev–Trinajstić information content (AvgIpc) is 2.84. The highest BCUT2D eigenvalue weighted by Gasteiger charge is 2.19. The van der Waals surface area contributed by atoms with Crippen molar-refractivity contribution in [2.45, 2.75) is 77.5 Å². The van der Waals surface area contributed by atoms with Gasteiger partial charge >= 0.3 is 0 Å². The van der Waals surface area contributed by atoms with Gasteiger partial charge in [0.2, 0.25) is 0 Å². The van der Waals surface area contributed by atoms with Gasteiger partial charge in [-0.1, -0.05) is 24.4 Å². The molecule has 0 saturated heterocycles. The highest BCUT2D eigenvalue weighted by molar-refractivity contribution is 5.05. The summed E-state index contributed by atoms with van der Waals surface area (Å²) in [6.07, 6.45) is 6.78. The van der Waals surface area contributed by atoms with Crippen molar-refractivity contribution in [1.29, 1.82) is 0 Å². The first-order chi connectivity index (χ1) is 9.44. The minimum Gasteiger partial charge on any atom is -0.360 e. The number of hydrogen-bond donors (Lipinski definition) is 1. The zero-order chi connectivity index (χ0) is 14.6. The van der Waals surface area contributed by atoms with E-state index < -0.39 is 0 Å². The number of aromatic nitrogens is 1. The van der Waals surface area contributed by atoms with Crippen LogP contribution in [-0.2, 0) is 13.1 Å². The molecule has 4 nitrogen and oxygen atoms in total. The summed E-state index contributed by atoms with van der Waals surface area (Å²) in [4.78, 5) is 2.42. The number of rotatable bonds is 5. The van der Waals surface area contributed by atoms with Crippen molar-refractivity contribution in [3.63, 3.8) is 0 Å². The molecular weight excluding hydrogens is 250 g/mol. The van der Waals surface area contributed by atoms with Crippen LogP contribution in [0.15, 0.2) is 10.6 Å². The van der Waals surface area contributed by atoms with Crippen LogP contribution in [0.2, 0.25) is 0 Å². The Morgan fingerprint density at radius 3 is 2.65 bits per heavy atom. The third kappa shape index (κ3) is 4.91. The van der Waals surface area contributed by atoms with Gasteiger partial charge in [-0.25, -0.2) is 0 Å². The highest BCUT2D eigenvalue weighted by atomic mass is 16.5. The molecule has 20 heavy (non-hydrogen) atoms. The van der Waals surface area contributed by atoms with Gasteiger partial charge < -0.3 is 9.84 Å². The van der Waals surface area contributed by atoms with Gasteiger partial charge in [0.15, 0.2) is 5.76 Å². The minimum atomic E-state index is 0.109. The predicted octanol–water partition coefficient (Wildman–Crippen LogP) is 3.33. The van der Waals surface area contributed by atoms with Crippen LogP contribution in [0.5, 0.6) is 0 Å². The molecule has 1 aliphatic carbocycles. The Morgan fingerprint density at radius 1 is 1.30 bits per heavy atom. The van der Waals surface area contributed by atoms with E-state index in [-0.39, 0.29) is 5.54 Å². The molecule has 0 unspecified atom stereocenters. The van der Waals surface area contributed by atoms with Crippen LogP contribution in [0.25, 0.3) is 0 Å². The second-order valence-corrected chi connectivity index (χ2v) is 7.10. The lowest BCUT2D eigenvalue weighted by molar-refractivity contribution is 0.167. The highest BCUT2D eigenvalue weighted by Crippen LogP contribution is 2.23. The number of hydrogen-bond acceptors (Lipinski definition) is 4. The first kappa shape index (κ1) is 15.5. The van der Waals surface area contributed by atoms with Gasteiger partial charge in [0, 0.05) is 24.2 Å². The van der Waals surface area contributed by atoms with E-state index in [1.54, 1.807) is 0 Å². The maximum absolute atomic E-state index is 5.46. The molecule has 1 aromatic heterocycles. The third-order valence-corrected chi connectivity index (χ3v) is 4.01. The molecule has 2 rings (SSSR count). The Balaban J connectivity index is 1.82. The Kier molecular flexibility index (Phi) is 5.22. The van der Waals surface area contributed by atoms with E-state index in [2.05, 4.69) is 49.3 Å². The lowest BCUT2D eigenvalue weighted by atomic mass is 9.94.